The molecule has 0 aliphatic carbocycles. The summed E-state index contributed by atoms with van der Waals surface area (Å²) in [6.07, 6.45) is 1.08. The highest BCUT2D eigenvalue weighted by Crippen LogP contribution is 2.24. The number of aliphatic hydroxyl groups excluding tert-OH is 2. The third-order valence-electron chi connectivity index (χ3n) is 15.7. The first-order valence-electron chi connectivity index (χ1n) is 30.2. The van der Waals surface area contributed by atoms with Gasteiger partial charge in [-0.15, -0.1) is 0 Å². The van der Waals surface area contributed by atoms with Gasteiger partial charge in [0.25, 0.3) is 0 Å². The van der Waals surface area contributed by atoms with Gasteiger partial charge in [0.1, 0.15) is 60.4 Å². The van der Waals surface area contributed by atoms with Gasteiger partial charge in [0.15, 0.2) is 0 Å². The van der Waals surface area contributed by atoms with Gasteiger partial charge in [-0.25, -0.2) is 0 Å². The number of likely N-dealkylation sites (N-methyl/N-ethyl adjacent to an activating group) is 6. The van der Waals surface area contributed by atoms with E-state index in [4.69, 9.17) is 0 Å². The fraction of sp³-hybridized carbons (Fsp3) is 0.787. The second kappa shape index (κ2) is 34.8. The first-order valence-corrected chi connectivity index (χ1v) is 30.2. The van der Waals surface area contributed by atoms with Crippen molar-refractivity contribution in [2.45, 2.75) is 222 Å². The Balaban J connectivity index is 4.31. The fourth-order valence-electron chi connectivity index (χ4n) is 10.2. The minimum atomic E-state index is -1.74. The second-order valence-corrected chi connectivity index (χ2v) is 25.9. The highest BCUT2D eigenvalue weighted by Gasteiger charge is 2.45. The Kier molecular flexibility index (Phi) is 31.5. The van der Waals surface area contributed by atoms with Crippen molar-refractivity contribution in [3.63, 3.8) is 0 Å². The average Bonchev–Trinajstić information content (AvgIpc) is 3.60. The molecule has 24 nitrogen and oxygen atoms in total. The lowest BCUT2D eigenvalue weighted by Gasteiger charge is -2.39. The molecule has 1 heterocycles. The minimum absolute atomic E-state index is 0.107. The molecule has 0 aromatic heterocycles. The summed E-state index contributed by atoms with van der Waals surface area (Å²) in [7, 11) is 8.16. The molecule has 0 bridgehead atoms. The summed E-state index contributed by atoms with van der Waals surface area (Å²) in [6.45, 7) is 28.3. The molecular weight excluding hydrogens is 1090 g/mol. The zero-order valence-electron chi connectivity index (χ0n) is 55.4. The fourth-order valence-corrected chi connectivity index (χ4v) is 10.2. The Morgan fingerprint density at radius 3 is 1.21 bits per heavy atom. The molecule has 11 amide bonds. The van der Waals surface area contributed by atoms with E-state index in [1.54, 1.807) is 53.7 Å². The third-order valence-corrected chi connectivity index (χ3v) is 15.7. The number of hydrogen-bond acceptors (Lipinski definition) is 13. The van der Waals surface area contributed by atoms with E-state index in [1.807, 2.05) is 55.4 Å². The monoisotopic (exact) mass is 1200 g/mol. The minimum Gasteiger partial charge on any atom is -0.391 e. The summed E-state index contributed by atoms with van der Waals surface area (Å²) >= 11 is 0. The van der Waals surface area contributed by atoms with Crippen molar-refractivity contribution in [1.29, 1.82) is 0 Å². The first kappa shape index (κ1) is 76.8. The van der Waals surface area contributed by atoms with Gasteiger partial charge in [0.2, 0.25) is 65.0 Å². The zero-order valence-corrected chi connectivity index (χ0v) is 55.4. The lowest BCUT2D eigenvalue weighted by atomic mass is 9.91. The number of carbonyl (C=O) groups excluding carboxylic acids is 11. The zero-order chi connectivity index (χ0) is 66.0. The highest BCUT2D eigenvalue weighted by molar-refractivity contribution is 5.99. The first-order chi connectivity index (χ1) is 39.2. The van der Waals surface area contributed by atoms with Crippen LogP contribution >= 0.6 is 0 Å². The lowest BCUT2D eigenvalue weighted by molar-refractivity contribution is -0.152. The number of rotatable bonds is 15. The van der Waals surface area contributed by atoms with Crippen molar-refractivity contribution in [3.05, 3.63) is 12.2 Å². The van der Waals surface area contributed by atoms with Crippen LogP contribution in [0.1, 0.15) is 150 Å². The lowest BCUT2D eigenvalue weighted by Crippen LogP contribution is -2.64. The van der Waals surface area contributed by atoms with Crippen LogP contribution in [-0.2, 0) is 52.7 Å². The number of allylic oxidation sites excluding steroid dienone is 2. The molecule has 24 heteroatoms. The van der Waals surface area contributed by atoms with E-state index in [2.05, 4.69) is 26.6 Å². The maximum absolute atomic E-state index is 14.9. The number of nitrogens with zero attached hydrogens (tertiary/aromatic N) is 6. The number of carbonyl (C=O) groups is 11. The van der Waals surface area contributed by atoms with E-state index < -0.39 is 162 Å². The normalized spacial score (nSPS) is 27.2. The SMILES string of the molecule is C/C=C/C[C@@H](C)[C@@H](O)[C@H]1C(=O)N[C@H]([C@@H](C)O)C(=O)N(C)CC(=O)N(C)[C@@H](CC(C)C)C(=O)N[C@@H](C(C)C)C(=O)N(C)[C@H](CC(C)C)C(=O)N[C@@H](C)C(=O)N[C@H](C)C(=O)N(C)[C@@H](CC(C)C)C(=O)N(C)[C@@H](CC(C)C)C(=O)N[C@H](C(C)C)C(=O)N1C. The summed E-state index contributed by atoms with van der Waals surface area (Å²) in [5, 5.41) is 36.7. The molecule has 0 saturated carbocycles. The summed E-state index contributed by atoms with van der Waals surface area (Å²) in [6, 6.07) is -13.2. The van der Waals surface area contributed by atoms with Gasteiger partial charge in [0, 0.05) is 42.3 Å². The van der Waals surface area contributed by atoms with Crippen molar-refractivity contribution in [2.75, 3.05) is 48.8 Å². The van der Waals surface area contributed by atoms with Crippen LogP contribution in [0.3, 0.4) is 0 Å². The van der Waals surface area contributed by atoms with Crippen molar-refractivity contribution in [1.82, 2.24) is 56.0 Å². The standard InChI is InChI=1S/C61H109N11O13/c1-24-25-26-38(14)51(75)50-56(80)66-49(41(17)73)59(83)67(18)31-46(74)68(19)42(27-32(2)3)54(78)64-47(36(10)11)60(84)70(21)43(28-33(4)5)53(77)62-39(15)52(76)63-40(16)57(81)71(22)45(30-35(8)9)58(82)69(20)44(29-34(6)7)55(79)65-48(37(12)13)61(85)72(50)23/h24-25,32-45,47-51,73,75H,26-31H2,1-23H3,(H,62,77)(H,63,76)(H,64,78)(H,65,79)(H,66,80)/b25-24+/t38-,39+,40-,41-,42+,43-,44+,45+,47+,48-,49-,50+,51-/m1/s1. The number of hydrogen-bond donors (Lipinski definition) is 7. The van der Waals surface area contributed by atoms with E-state index in [0.29, 0.717) is 0 Å². The van der Waals surface area contributed by atoms with Gasteiger partial charge >= 0.3 is 0 Å². The Morgan fingerprint density at radius 1 is 0.435 bits per heavy atom. The molecule has 85 heavy (non-hydrogen) atoms. The van der Waals surface area contributed by atoms with Crippen molar-refractivity contribution < 1.29 is 63.0 Å². The van der Waals surface area contributed by atoms with Gasteiger partial charge in [0.05, 0.1) is 18.8 Å². The molecule has 0 unspecified atom stereocenters. The molecule has 1 rings (SSSR count). The van der Waals surface area contributed by atoms with Gasteiger partial charge in [-0.1, -0.05) is 102 Å². The van der Waals surface area contributed by atoms with Crippen molar-refractivity contribution in [2.24, 2.45) is 41.4 Å². The molecular formula is C61H109N11O13. The summed E-state index contributed by atoms with van der Waals surface area (Å²) in [5.41, 5.74) is 0. The summed E-state index contributed by atoms with van der Waals surface area (Å²) < 4.78 is 0. The highest BCUT2D eigenvalue weighted by atomic mass is 16.3. The van der Waals surface area contributed by atoms with Crippen molar-refractivity contribution in [3.8, 4) is 0 Å². The number of amides is 11. The molecule has 13 atom stereocenters. The van der Waals surface area contributed by atoms with Crippen LogP contribution in [0.25, 0.3) is 0 Å². The maximum atomic E-state index is 14.9. The van der Waals surface area contributed by atoms with Crippen LogP contribution in [0.5, 0.6) is 0 Å². The molecule has 486 valence electrons. The Hall–Kier alpha value is -6.17. The van der Waals surface area contributed by atoms with Crippen LogP contribution in [0.2, 0.25) is 0 Å². The van der Waals surface area contributed by atoms with E-state index >= 15 is 0 Å². The smallest absolute Gasteiger partial charge is 0.248 e. The molecule has 0 aromatic rings. The van der Waals surface area contributed by atoms with Crippen molar-refractivity contribution >= 4 is 65.0 Å². The molecule has 0 aromatic carbocycles. The van der Waals surface area contributed by atoms with Crippen LogP contribution in [0, 0.1) is 41.4 Å². The van der Waals surface area contributed by atoms with E-state index in [-0.39, 0.29) is 55.8 Å². The molecule has 0 radical (unpaired) electrons. The molecule has 1 aliphatic heterocycles. The van der Waals surface area contributed by atoms with Gasteiger partial charge in [-0.2, -0.15) is 0 Å². The number of nitrogens with one attached hydrogen (secondary N) is 5. The summed E-state index contributed by atoms with van der Waals surface area (Å²) in [4.78, 5) is 166. The van der Waals surface area contributed by atoms with E-state index in [1.165, 1.54) is 77.8 Å². The van der Waals surface area contributed by atoms with E-state index in [9.17, 15) is 63.0 Å². The second-order valence-electron chi connectivity index (χ2n) is 25.9. The van der Waals surface area contributed by atoms with Crippen LogP contribution in [0.4, 0.5) is 0 Å². The van der Waals surface area contributed by atoms with Gasteiger partial charge in [-0.3, -0.25) is 52.7 Å². The predicted molar refractivity (Wildman–Crippen MR) is 325 cm³/mol. The topological polar surface area (TPSA) is 308 Å². The molecule has 7 N–H and O–H groups in total. The quantitative estimate of drug-likeness (QED) is 0.116. The molecule has 1 fully saturated rings. The average molecular weight is 1200 g/mol. The van der Waals surface area contributed by atoms with E-state index in [0.717, 1.165) is 14.7 Å². The molecule has 1 saturated heterocycles. The Morgan fingerprint density at radius 2 is 0.800 bits per heavy atom. The van der Waals surface area contributed by atoms with Crippen LogP contribution in [-0.4, -0.2) is 226 Å². The van der Waals surface area contributed by atoms with Crippen LogP contribution in [0.15, 0.2) is 12.2 Å². The maximum Gasteiger partial charge on any atom is 0.248 e. The van der Waals surface area contributed by atoms with Crippen LogP contribution < -0.4 is 26.6 Å². The Bertz CT molecular complexity index is 2330. The Labute approximate surface area is 507 Å². The molecule has 1 aliphatic rings. The predicted octanol–water partition coefficient (Wildman–Crippen LogP) is 1.90. The van der Waals surface area contributed by atoms with Gasteiger partial charge < -0.3 is 66.2 Å². The molecule has 0 spiro atoms. The van der Waals surface area contributed by atoms with Gasteiger partial charge in [-0.05, 0) is 101 Å². The third kappa shape index (κ3) is 22.2. The largest absolute Gasteiger partial charge is 0.391 e. The summed E-state index contributed by atoms with van der Waals surface area (Å²) in [5.74, 6) is -10.8. The number of aliphatic hydroxyl groups is 2.